The van der Waals surface area contributed by atoms with E-state index < -0.39 is 6.03 Å². The Morgan fingerprint density at radius 1 is 0.795 bits per heavy atom. The molecule has 4 rings (SSSR count). The second-order valence-electron chi connectivity index (χ2n) is 9.42. The molecule has 202 valence electrons. The van der Waals surface area contributed by atoms with E-state index in [1.165, 1.54) is 14.2 Å². The standard InChI is InChI=1S/C27H29N7O5/c1-27(2,3)20-14-21(34-39-20)31-26(36)30-18-11-9-17(10-12-18)28-24(35)16-7-6-8-19(13-16)29-25-32-22(37-4)15-23(33-25)38-5/h6-15H,1-5H3,(H,28,35)(H,29,32,33)(H2,30,31,34,36). The number of methoxy groups -OCH3 is 2. The Morgan fingerprint density at radius 3 is 2.03 bits per heavy atom. The fourth-order valence-electron chi connectivity index (χ4n) is 3.34. The Hall–Kier alpha value is -5.13. The normalized spacial score (nSPS) is 10.9. The molecule has 2 aromatic carbocycles. The maximum atomic E-state index is 12.9. The molecule has 0 aliphatic rings. The zero-order valence-electron chi connectivity index (χ0n) is 22.2. The highest BCUT2D eigenvalue weighted by molar-refractivity contribution is 6.05. The highest BCUT2D eigenvalue weighted by Gasteiger charge is 2.20. The zero-order valence-corrected chi connectivity index (χ0v) is 22.2. The minimum atomic E-state index is -0.470. The van der Waals surface area contributed by atoms with Crippen LogP contribution in [0.15, 0.2) is 65.2 Å². The lowest BCUT2D eigenvalue weighted by Gasteiger charge is -2.12. The number of carbonyl (C=O) groups excluding carboxylic acids is 2. The van der Waals surface area contributed by atoms with Gasteiger partial charge in [-0.2, -0.15) is 9.97 Å². The van der Waals surface area contributed by atoms with Crippen LogP contribution in [-0.4, -0.2) is 41.3 Å². The van der Waals surface area contributed by atoms with Gasteiger partial charge in [-0.1, -0.05) is 32.0 Å². The molecule has 12 nitrogen and oxygen atoms in total. The summed E-state index contributed by atoms with van der Waals surface area (Å²) < 4.78 is 15.6. The minimum absolute atomic E-state index is 0.222. The third kappa shape index (κ3) is 7.22. The molecule has 0 unspecified atom stereocenters. The lowest BCUT2D eigenvalue weighted by Crippen LogP contribution is -2.19. The number of hydrogen-bond acceptors (Lipinski definition) is 9. The van der Waals surface area contributed by atoms with Gasteiger partial charge in [-0.25, -0.2) is 4.79 Å². The fourth-order valence-corrected chi connectivity index (χ4v) is 3.34. The Balaban J connectivity index is 1.35. The monoisotopic (exact) mass is 531 g/mol. The van der Waals surface area contributed by atoms with Crippen LogP contribution in [0.1, 0.15) is 36.9 Å². The highest BCUT2D eigenvalue weighted by Crippen LogP contribution is 2.25. The van der Waals surface area contributed by atoms with Gasteiger partial charge in [0.05, 0.1) is 20.3 Å². The highest BCUT2D eigenvalue weighted by atomic mass is 16.5. The molecule has 39 heavy (non-hydrogen) atoms. The average Bonchev–Trinajstić information content (AvgIpc) is 3.38. The van der Waals surface area contributed by atoms with Gasteiger partial charge in [0.1, 0.15) is 5.76 Å². The van der Waals surface area contributed by atoms with Crippen molar-refractivity contribution in [1.29, 1.82) is 0 Å². The van der Waals surface area contributed by atoms with Crippen molar-refractivity contribution in [3.63, 3.8) is 0 Å². The number of nitrogens with zero attached hydrogens (tertiary/aromatic N) is 3. The summed E-state index contributed by atoms with van der Waals surface area (Å²) in [6.45, 7) is 5.96. The Morgan fingerprint density at radius 2 is 1.44 bits per heavy atom. The van der Waals surface area contributed by atoms with Gasteiger partial charge in [-0.05, 0) is 42.5 Å². The van der Waals surface area contributed by atoms with Crippen molar-refractivity contribution in [3.8, 4) is 11.8 Å². The summed E-state index contributed by atoms with van der Waals surface area (Å²) in [5.74, 6) is 1.59. The SMILES string of the molecule is COc1cc(OC)nc(Nc2cccc(C(=O)Nc3ccc(NC(=O)Nc4cc(C(C)(C)C)on4)cc3)c2)n1. The van der Waals surface area contributed by atoms with Gasteiger partial charge < -0.3 is 29.9 Å². The van der Waals surface area contributed by atoms with E-state index in [-0.39, 0.29) is 17.3 Å². The predicted molar refractivity (Wildman–Crippen MR) is 147 cm³/mol. The quantitative estimate of drug-likeness (QED) is 0.233. The minimum Gasteiger partial charge on any atom is -0.481 e. The van der Waals surface area contributed by atoms with Crippen molar-refractivity contribution >= 4 is 40.8 Å². The van der Waals surface area contributed by atoms with E-state index in [1.807, 2.05) is 20.8 Å². The molecule has 0 radical (unpaired) electrons. The van der Waals surface area contributed by atoms with Crippen LogP contribution >= 0.6 is 0 Å². The van der Waals surface area contributed by atoms with Gasteiger partial charge in [0.25, 0.3) is 5.91 Å². The van der Waals surface area contributed by atoms with Crippen molar-refractivity contribution < 1.29 is 23.6 Å². The molecule has 0 saturated heterocycles. The first kappa shape index (κ1) is 26.9. The molecular formula is C27H29N7O5. The van der Waals surface area contributed by atoms with Gasteiger partial charge in [0.15, 0.2) is 5.82 Å². The van der Waals surface area contributed by atoms with Crippen LogP contribution in [0.5, 0.6) is 11.8 Å². The number of ether oxygens (including phenoxy) is 2. The second-order valence-corrected chi connectivity index (χ2v) is 9.42. The lowest BCUT2D eigenvalue weighted by molar-refractivity contribution is 0.102. The fraction of sp³-hybridized carbons (Fsp3) is 0.222. The molecule has 0 bridgehead atoms. The zero-order chi connectivity index (χ0) is 28.0. The van der Waals surface area contributed by atoms with Gasteiger partial charge in [-0.15, -0.1) is 0 Å². The molecule has 2 aromatic heterocycles. The molecule has 12 heteroatoms. The van der Waals surface area contributed by atoms with E-state index in [2.05, 4.69) is 36.4 Å². The molecule has 4 aromatic rings. The van der Waals surface area contributed by atoms with E-state index in [0.717, 1.165) is 0 Å². The van der Waals surface area contributed by atoms with E-state index in [4.69, 9.17) is 14.0 Å². The number of anilines is 5. The molecule has 0 atom stereocenters. The summed E-state index contributed by atoms with van der Waals surface area (Å²) in [5, 5.41) is 15.1. The summed E-state index contributed by atoms with van der Waals surface area (Å²) in [7, 11) is 2.99. The molecular weight excluding hydrogens is 502 g/mol. The largest absolute Gasteiger partial charge is 0.481 e. The van der Waals surface area contributed by atoms with Crippen LogP contribution in [0.2, 0.25) is 0 Å². The molecule has 0 aliphatic heterocycles. The van der Waals surface area contributed by atoms with E-state index >= 15 is 0 Å². The summed E-state index contributed by atoms with van der Waals surface area (Å²) in [5.41, 5.74) is 1.88. The maximum Gasteiger partial charge on any atom is 0.324 e. The summed E-state index contributed by atoms with van der Waals surface area (Å²) in [6, 6.07) is 16.3. The van der Waals surface area contributed by atoms with Crippen molar-refractivity contribution in [1.82, 2.24) is 15.1 Å². The van der Waals surface area contributed by atoms with E-state index in [1.54, 1.807) is 60.7 Å². The van der Waals surface area contributed by atoms with Gasteiger partial charge >= 0.3 is 6.03 Å². The summed E-state index contributed by atoms with van der Waals surface area (Å²) >= 11 is 0. The lowest BCUT2D eigenvalue weighted by atomic mass is 9.93. The first-order valence-electron chi connectivity index (χ1n) is 11.9. The number of aromatic nitrogens is 3. The number of amides is 3. The Kier molecular flexibility index (Phi) is 7.94. The van der Waals surface area contributed by atoms with Crippen LogP contribution in [0.3, 0.4) is 0 Å². The third-order valence-corrected chi connectivity index (χ3v) is 5.37. The van der Waals surface area contributed by atoms with Crippen LogP contribution < -0.4 is 30.7 Å². The van der Waals surface area contributed by atoms with Gasteiger partial charge in [-0.3, -0.25) is 10.1 Å². The van der Waals surface area contributed by atoms with Crippen molar-refractivity contribution in [2.45, 2.75) is 26.2 Å². The average molecular weight is 532 g/mol. The van der Waals surface area contributed by atoms with Gasteiger partial charge in [0, 0.05) is 34.1 Å². The predicted octanol–water partition coefficient (Wildman–Crippen LogP) is 5.42. The molecule has 0 saturated carbocycles. The van der Waals surface area contributed by atoms with Crippen molar-refractivity contribution in [2.75, 3.05) is 35.5 Å². The van der Waals surface area contributed by atoms with Crippen LogP contribution in [-0.2, 0) is 5.41 Å². The Bertz CT molecular complexity index is 1440. The first-order valence-corrected chi connectivity index (χ1v) is 11.9. The number of urea groups is 1. The number of benzene rings is 2. The third-order valence-electron chi connectivity index (χ3n) is 5.37. The van der Waals surface area contributed by atoms with Crippen LogP contribution in [0.4, 0.5) is 33.6 Å². The van der Waals surface area contributed by atoms with E-state index in [9.17, 15) is 9.59 Å². The number of carbonyl (C=O) groups is 2. The topological polar surface area (TPSA) is 153 Å². The second kappa shape index (κ2) is 11.5. The molecule has 0 fully saturated rings. The molecule has 0 spiro atoms. The molecule has 2 heterocycles. The number of nitrogens with one attached hydrogen (secondary N) is 4. The molecule has 4 N–H and O–H groups in total. The van der Waals surface area contributed by atoms with Crippen LogP contribution in [0.25, 0.3) is 0 Å². The van der Waals surface area contributed by atoms with Gasteiger partial charge in [0.2, 0.25) is 17.7 Å². The number of rotatable bonds is 8. The summed E-state index contributed by atoms with van der Waals surface area (Å²) in [4.78, 5) is 33.6. The Labute approximate surface area is 225 Å². The summed E-state index contributed by atoms with van der Waals surface area (Å²) in [6.07, 6.45) is 0. The van der Waals surface area contributed by atoms with E-state index in [0.29, 0.717) is 46.0 Å². The maximum absolute atomic E-state index is 12.9. The smallest absolute Gasteiger partial charge is 0.324 e. The first-order chi connectivity index (χ1) is 18.6. The number of hydrogen-bond donors (Lipinski definition) is 4. The molecule has 3 amide bonds. The molecule has 0 aliphatic carbocycles. The van der Waals surface area contributed by atoms with Crippen LogP contribution in [0, 0.1) is 0 Å². The van der Waals surface area contributed by atoms with Crippen molar-refractivity contribution in [3.05, 3.63) is 72.0 Å². The van der Waals surface area contributed by atoms with Crippen molar-refractivity contribution in [2.24, 2.45) is 0 Å².